The van der Waals surface area contributed by atoms with Crippen LogP contribution in [0.25, 0.3) is 0 Å². The van der Waals surface area contributed by atoms with Crippen molar-refractivity contribution in [1.29, 1.82) is 0 Å². The van der Waals surface area contributed by atoms with Crippen LogP contribution >= 0.6 is 0 Å². The van der Waals surface area contributed by atoms with Crippen molar-refractivity contribution in [3.05, 3.63) is 59.4 Å². The predicted molar refractivity (Wildman–Crippen MR) is 112 cm³/mol. The normalized spacial score (nSPS) is 21.9. The lowest BCUT2D eigenvalue weighted by Crippen LogP contribution is -2.55. The van der Waals surface area contributed by atoms with E-state index >= 15 is 0 Å². The molecular formula is C23H28N4O2. The number of primary amides is 1. The predicted octanol–water partition coefficient (Wildman–Crippen LogP) is 2.42. The number of carbonyl (C=O) groups excluding carboxylic acids is 2. The molecule has 0 radical (unpaired) electrons. The Morgan fingerprint density at radius 1 is 1.10 bits per heavy atom. The molecule has 0 unspecified atom stereocenters. The highest BCUT2D eigenvalue weighted by atomic mass is 16.2. The van der Waals surface area contributed by atoms with E-state index in [2.05, 4.69) is 16.4 Å². The third-order valence-electron chi connectivity index (χ3n) is 6.24. The number of hydrogen-bond acceptors (Lipinski definition) is 4. The lowest BCUT2D eigenvalue weighted by atomic mass is 9.76. The summed E-state index contributed by atoms with van der Waals surface area (Å²) in [6.07, 6.45) is 7.61. The molecule has 2 heterocycles. The average molecular weight is 393 g/mol. The van der Waals surface area contributed by atoms with Crippen molar-refractivity contribution >= 4 is 17.5 Å². The first-order chi connectivity index (χ1) is 14.1. The molecular weight excluding hydrogens is 364 g/mol. The first-order valence-electron chi connectivity index (χ1n) is 10.4. The number of amides is 2. The Hall–Kier alpha value is -2.73. The first-order valence-corrected chi connectivity index (χ1v) is 10.4. The van der Waals surface area contributed by atoms with Gasteiger partial charge in [0.15, 0.2) is 0 Å². The Bertz CT molecular complexity index is 899. The van der Waals surface area contributed by atoms with E-state index in [-0.39, 0.29) is 18.4 Å². The van der Waals surface area contributed by atoms with Crippen LogP contribution < -0.4 is 11.1 Å². The summed E-state index contributed by atoms with van der Waals surface area (Å²) >= 11 is 0. The summed E-state index contributed by atoms with van der Waals surface area (Å²) in [7, 11) is 0. The van der Waals surface area contributed by atoms with Gasteiger partial charge in [0.2, 0.25) is 11.8 Å². The lowest BCUT2D eigenvalue weighted by Gasteiger charge is -2.40. The van der Waals surface area contributed by atoms with Crippen LogP contribution in [0.4, 0.5) is 5.69 Å². The molecule has 2 aromatic rings. The summed E-state index contributed by atoms with van der Waals surface area (Å²) in [6.45, 7) is 1.42. The number of carbonyl (C=O) groups is 2. The number of hydrogen-bond donors (Lipinski definition) is 2. The number of benzene rings is 1. The molecule has 2 amide bonds. The minimum Gasteiger partial charge on any atom is -0.369 e. The van der Waals surface area contributed by atoms with Crippen molar-refractivity contribution in [3.63, 3.8) is 0 Å². The first kappa shape index (κ1) is 19.6. The highest BCUT2D eigenvalue weighted by Crippen LogP contribution is 2.33. The molecule has 0 bridgehead atoms. The molecule has 1 aliphatic carbocycles. The topological polar surface area (TPSA) is 88.3 Å². The number of piperidine rings is 1. The van der Waals surface area contributed by atoms with Gasteiger partial charge in [-0.1, -0.05) is 18.2 Å². The van der Waals surface area contributed by atoms with Gasteiger partial charge in [-0.05, 0) is 74.4 Å². The van der Waals surface area contributed by atoms with Crippen LogP contribution in [-0.4, -0.2) is 41.3 Å². The minimum atomic E-state index is -0.842. The SMILES string of the molecule is NC(=O)[C@@]1(c2ccccn2)CCCN(CC(=O)Nc2cccc3c2CCCC3)C1. The molecule has 0 spiro atoms. The van der Waals surface area contributed by atoms with Gasteiger partial charge in [-0.25, -0.2) is 0 Å². The summed E-state index contributed by atoms with van der Waals surface area (Å²) in [5, 5.41) is 3.10. The average Bonchev–Trinajstić information content (AvgIpc) is 2.74. The smallest absolute Gasteiger partial charge is 0.238 e. The third-order valence-corrected chi connectivity index (χ3v) is 6.24. The standard InChI is InChI=1S/C23H28N4O2/c24-22(29)23(20-11-3-4-13-25-20)12-6-14-27(16-23)15-21(28)26-19-10-5-8-17-7-1-2-9-18(17)19/h3-5,8,10-11,13H,1-2,6-7,9,12,14-16H2,(H2,24,29)(H,26,28)/t23-/m0/s1. The van der Waals surface area contributed by atoms with E-state index < -0.39 is 5.41 Å². The zero-order valence-corrected chi connectivity index (χ0v) is 16.7. The maximum Gasteiger partial charge on any atom is 0.238 e. The van der Waals surface area contributed by atoms with Crippen molar-refractivity contribution in [2.45, 2.75) is 43.9 Å². The molecule has 1 fully saturated rings. The number of anilines is 1. The summed E-state index contributed by atoms with van der Waals surface area (Å²) < 4.78 is 0. The molecule has 1 aliphatic heterocycles. The van der Waals surface area contributed by atoms with E-state index in [0.717, 1.165) is 37.9 Å². The Balaban J connectivity index is 1.47. The second-order valence-corrected chi connectivity index (χ2v) is 8.17. The Kier molecular flexibility index (Phi) is 5.62. The van der Waals surface area contributed by atoms with E-state index in [1.807, 2.05) is 35.2 Å². The second kappa shape index (κ2) is 8.33. The largest absolute Gasteiger partial charge is 0.369 e. The van der Waals surface area contributed by atoms with E-state index in [4.69, 9.17) is 5.73 Å². The Morgan fingerprint density at radius 3 is 2.76 bits per heavy atom. The van der Waals surface area contributed by atoms with Gasteiger partial charge in [0.1, 0.15) is 5.41 Å². The quantitative estimate of drug-likeness (QED) is 0.818. The zero-order chi connectivity index (χ0) is 20.3. The molecule has 2 aliphatic rings. The summed E-state index contributed by atoms with van der Waals surface area (Å²) in [4.78, 5) is 31.6. The number of rotatable bonds is 5. The number of pyridine rings is 1. The zero-order valence-electron chi connectivity index (χ0n) is 16.7. The molecule has 1 saturated heterocycles. The number of fused-ring (bicyclic) bond motifs is 1. The van der Waals surface area contributed by atoms with Gasteiger partial charge >= 0.3 is 0 Å². The monoisotopic (exact) mass is 392 g/mol. The maximum absolute atomic E-state index is 12.8. The summed E-state index contributed by atoms with van der Waals surface area (Å²) in [6, 6.07) is 11.7. The fourth-order valence-corrected chi connectivity index (χ4v) is 4.75. The minimum absolute atomic E-state index is 0.0507. The number of nitrogens with two attached hydrogens (primary N) is 1. The molecule has 1 atom stereocenters. The number of aromatic nitrogens is 1. The molecule has 3 N–H and O–H groups in total. The molecule has 4 rings (SSSR count). The van der Waals surface area contributed by atoms with Crippen molar-refractivity contribution < 1.29 is 9.59 Å². The van der Waals surface area contributed by atoms with Crippen LogP contribution in [0.15, 0.2) is 42.6 Å². The molecule has 1 aromatic carbocycles. The molecule has 0 saturated carbocycles. The highest BCUT2D eigenvalue weighted by Gasteiger charge is 2.43. The van der Waals surface area contributed by atoms with Crippen LogP contribution in [-0.2, 0) is 27.8 Å². The molecule has 6 heteroatoms. The fraction of sp³-hybridized carbons (Fsp3) is 0.435. The van der Waals surface area contributed by atoms with Crippen molar-refractivity contribution in [1.82, 2.24) is 9.88 Å². The fourth-order valence-electron chi connectivity index (χ4n) is 4.75. The van der Waals surface area contributed by atoms with Crippen molar-refractivity contribution in [2.24, 2.45) is 5.73 Å². The van der Waals surface area contributed by atoms with Crippen LogP contribution in [0.2, 0.25) is 0 Å². The lowest BCUT2D eigenvalue weighted by molar-refractivity contribution is -0.127. The van der Waals surface area contributed by atoms with Gasteiger partial charge in [0.25, 0.3) is 0 Å². The Labute approximate surface area is 171 Å². The van der Waals surface area contributed by atoms with E-state index in [9.17, 15) is 9.59 Å². The number of aryl methyl sites for hydroxylation is 1. The molecule has 1 aromatic heterocycles. The number of nitrogens with one attached hydrogen (secondary N) is 1. The second-order valence-electron chi connectivity index (χ2n) is 8.17. The van der Waals surface area contributed by atoms with E-state index in [0.29, 0.717) is 18.7 Å². The van der Waals surface area contributed by atoms with Crippen LogP contribution in [0.5, 0.6) is 0 Å². The maximum atomic E-state index is 12.8. The third kappa shape index (κ3) is 4.03. The van der Waals surface area contributed by atoms with Crippen LogP contribution in [0.1, 0.15) is 42.5 Å². The molecule has 6 nitrogen and oxygen atoms in total. The highest BCUT2D eigenvalue weighted by molar-refractivity contribution is 5.93. The van der Waals surface area contributed by atoms with Crippen LogP contribution in [0.3, 0.4) is 0 Å². The van der Waals surface area contributed by atoms with Gasteiger partial charge in [0.05, 0.1) is 12.2 Å². The number of nitrogens with zero attached hydrogens (tertiary/aromatic N) is 2. The van der Waals surface area contributed by atoms with Crippen molar-refractivity contribution in [3.8, 4) is 0 Å². The van der Waals surface area contributed by atoms with E-state index in [1.165, 1.54) is 17.5 Å². The van der Waals surface area contributed by atoms with Gasteiger partial charge in [0, 0.05) is 18.4 Å². The van der Waals surface area contributed by atoms with Crippen molar-refractivity contribution in [2.75, 3.05) is 25.0 Å². The van der Waals surface area contributed by atoms with E-state index in [1.54, 1.807) is 6.20 Å². The molecule has 152 valence electrons. The van der Waals surface area contributed by atoms with Crippen LogP contribution in [0, 0.1) is 0 Å². The van der Waals surface area contributed by atoms with Gasteiger partial charge in [-0.2, -0.15) is 0 Å². The summed E-state index contributed by atoms with van der Waals surface area (Å²) in [5.74, 6) is -0.427. The summed E-state index contributed by atoms with van der Waals surface area (Å²) in [5.41, 5.74) is 9.21. The van der Waals surface area contributed by atoms with Gasteiger partial charge < -0.3 is 11.1 Å². The molecule has 29 heavy (non-hydrogen) atoms. The Morgan fingerprint density at radius 2 is 1.97 bits per heavy atom. The van der Waals surface area contributed by atoms with Gasteiger partial charge in [-0.3, -0.25) is 19.5 Å². The van der Waals surface area contributed by atoms with Gasteiger partial charge in [-0.15, -0.1) is 0 Å². The number of likely N-dealkylation sites (tertiary alicyclic amines) is 1.